The van der Waals surface area contributed by atoms with Crippen molar-refractivity contribution < 1.29 is 5.21 Å². The van der Waals surface area contributed by atoms with E-state index in [0.29, 0.717) is 6.42 Å². The summed E-state index contributed by atoms with van der Waals surface area (Å²) in [4.78, 5) is 0. The summed E-state index contributed by atoms with van der Waals surface area (Å²) in [6.07, 6.45) is 0.517. The number of aryl methyl sites for hydroxylation is 2. The van der Waals surface area contributed by atoms with Gasteiger partial charge in [0.25, 0.3) is 0 Å². The normalized spacial score (nSPS) is 13.6. The smallest absolute Gasteiger partial charge is 0.141 e. The molecule has 0 amide bonds. The maximum atomic E-state index is 8.47. The summed E-state index contributed by atoms with van der Waals surface area (Å²) in [6.45, 7) is 6.12. The first-order chi connectivity index (χ1) is 7.51. The molecule has 0 fully saturated rings. The summed E-state index contributed by atoms with van der Waals surface area (Å²) < 4.78 is 0. The Kier molecular flexibility index (Phi) is 4.17. The Morgan fingerprint density at radius 3 is 2.44 bits per heavy atom. The van der Waals surface area contributed by atoms with Crippen LogP contribution in [0.15, 0.2) is 23.4 Å². The van der Waals surface area contributed by atoms with Crippen molar-refractivity contribution in [1.82, 2.24) is 0 Å². The highest BCUT2D eigenvalue weighted by atomic mass is 16.4. The quantitative estimate of drug-likeness (QED) is 0.316. The fourth-order valence-electron chi connectivity index (χ4n) is 1.75. The number of amidine groups is 1. The van der Waals surface area contributed by atoms with Crippen molar-refractivity contribution in [2.24, 2.45) is 10.9 Å². The van der Waals surface area contributed by atoms with Gasteiger partial charge < -0.3 is 16.3 Å². The third-order valence-electron chi connectivity index (χ3n) is 2.28. The molecule has 88 valence electrons. The van der Waals surface area contributed by atoms with Gasteiger partial charge in [-0.3, -0.25) is 0 Å². The molecule has 0 saturated heterocycles. The number of hydrogen-bond acceptors (Lipinski definition) is 3. The van der Waals surface area contributed by atoms with Gasteiger partial charge in [-0.2, -0.15) is 0 Å². The van der Waals surface area contributed by atoms with Crippen LogP contribution in [-0.4, -0.2) is 17.1 Å². The van der Waals surface area contributed by atoms with Gasteiger partial charge in [0.05, 0.1) is 0 Å². The predicted molar refractivity (Wildman–Crippen MR) is 67.0 cm³/mol. The third kappa shape index (κ3) is 3.81. The highest BCUT2D eigenvalue weighted by Crippen LogP contribution is 2.15. The van der Waals surface area contributed by atoms with Crippen LogP contribution in [0, 0.1) is 13.8 Å². The van der Waals surface area contributed by atoms with Gasteiger partial charge in [0, 0.05) is 18.2 Å². The maximum absolute atomic E-state index is 8.47. The van der Waals surface area contributed by atoms with Gasteiger partial charge in [0.15, 0.2) is 0 Å². The average Bonchev–Trinajstić information content (AvgIpc) is 2.15. The van der Waals surface area contributed by atoms with Crippen LogP contribution in [0.25, 0.3) is 0 Å². The van der Waals surface area contributed by atoms with Crippen molar-refractivity contribution in [2.45, 2.75) is 33.2 Å². The zero-order chi connectivity index (χ0) is 12.1. The summed E-state index contributed by atoms with van der Waals surface area (Å²) in [6, 6.07) is 6.42. The lowest BCUT2D eigenvalue weighted by atomic mass is 10.1. The molecule has 0 aliphatic heterocycles. The molecule has 0 spiro atoms. The topological polar surface area (TPSA) is 70.6 Å². The Bertz CT molecular complexity index is 368. The van der Waals surface area contributed by atoms with Crippen molar-refractivity contribution >= 4 is 11.5 Å². The molecule has 1 aromatic rings. The van der Waals surface area contributed by atoms with Crippen molar-refractivity contribution in [1.29, 1.82) is 0 Å². The number of rotatable bonds is 4. The van der Waals surface area contributed by atoms with Gasteiger partial charge in [0.2, 0.25) is 0 Å². The molecule has 0 bridgehead atoms. The fourth-order valence-corrected chi connectivity index (χ4v) is 1.75. The van der Waals surface area contributed by atoms with Gasteiger partial charge >= 0.3 is 0 Å². The summed E-state index contributed by atoms with van der Waals surface area (Å²) >= 11 is 0. The Morgan fingerprint density at radius 2 is 1.94 bits per heavy atom. The maximum Gasteiger partial charge on any atom is 0.141 e. The van der Waals surface area contributed by atoms with E-state index in [1.165, 1.54) is 11.1 Å². The Morgan fingerprint density at radius 1 is 1.38 bits per heavy atom. The van der Waals surface area contributed by atoms with Crippen molar-refractivity contribution in [2.75, 3.05) is 5.32 Å². The minimum atomic E-state index is 0.136. The minimum Gasteiger partial charge on any atom is -0.409 e. The van der Waals surface area contributed by atoms with Crippen LogP contribution >= 0.6 is 0 Å². The standard InChI is InChI=1S/C12H19N3O/c1-8-4-9(2)6-11(5-8)14-10(3)7-12(13)15-16/h4-6,10,14,16H,7H2,1-3H3,(H2,13,15). The third-order valence-corrected chi connectivity index (χ3v) is 2.28. The Hall–Kier alpha value is -1.71. The van der Waals surface area contributed by atoms with E-state index < -0.39 is 0 Å². The molecule has 0 aliphatic rings. The molecule has 1 rings (SSSR count). The second-order valence-electron chi connectivity index (χ2n) is 4.22. The molecule has 4 heteroatoms. The lowest BCUT2D eigenvalue weighted by molar-refractivity contribution is 0.316. The van der Waals surface area contributed by atoms with Crippen LogP contribution in [0.4, 0.5) is 5.69 Å². The molecular weight excluding hydrogens is 202 g/mol. The predicted octanol–water partition coefficient (Wildman–Crippen LogP) is 2.24. The molecule has 1 aromatic carbocycles. The van der Waals surface area contributed by atoms with E-state index in [4.69, 9.17) is 10.9 Å². The molecule has 0 radical (unpaired) electrons. The van der Waals surface area contributed by atoms with Crippen LogP contribution in [0.5, 0.6) is 0 Å². The molecule has 0 saturated carbocycles. The monoisotopic (exact) mass is 221 g/mol. The number of nitrogens with two attached hydrogens (primary N) is 1. The van der Waals surface area contributed by atoms with Gasteiger partial charge in [-0.25, -0.2) is 0 Å². The van der Waals surface area contributed by atoms with Crippen LogP contribution in [-0.2, 0) is 0 Å². The number of anilines is 1. The molecule has 0 aromatic heterocycles. The van der Waals surface area contributed by atoms with Gasteiger partial charge in [-0.05, 0) is 44.0 Å². The summed E-state index contributed by atoms with van der Waals surface area (Å²) in [5.74, 6) is 0.240. The van der Waals surface area contributed by atoms with E-state index in [1.807, 2.05) is 6.92 Å². The number of nitrogens with one attached hydrogen (secondary N) is 1. The van der Waals surface area contributed by atoms with Crippen molar-refractivity contribution in [3.05, 3.63) is 29.3 Å². The van der Waals surface area contributed by atoms with Crippen molar-refractivity contribution in [3.63, 3.8) is 0 Å². The molecule has 1 unspecified atom stereocenters. The molecule has 1 atom stereocenters. The molecule has 4 N–H and O–H groups in total. The van der Waals surface area contributed by atoms with Crippen molar-refractivity contribution in [3.8, 4) is 0 Å². The largest absolute Gasteiger partial charge is 0.409 e. The zero-order valence-corrected chi connectivity index (χ0v) is 9.99. The number of hydrogen-bond donors (Lipinski definition) is 3. The van der Waals surface area contributed by atoms with E-state index in [-0.39, 0.29) is 11.9 Å². The van der Waals surface area contributed by atoms with Gasteiger partial charge in [-0.1, -0.05) is 11.2 Å². The van der Waals surface area contributed by atoms with Crippen LogP contribution in [0.3, 0.4) is 0 Å². The van der Waals surface area contributed by atoms with E-state index in [2.05, 4.69) is 42.5 Å². The Labute approximate surface area is 96.2 Å². The Balaban J connectivity index is 2.65. The number of oxime groups is 1. The number of nitrogens with zero attached hydrogens (tertiary/aromatic N) is 1. The van der Waals surface area contributed by atoms with Crippen LogP contribution < -0.4 is 11.1 Å². The molecule has 16 heavy (non-hydrogen) atoms. The molecule has 0 heterocycles. The van der Waals surface area contributed by atoms with Gasteiger partial charge in [0.1, 0.15) is 5.84 Å². The second-order valence-corrected chi connectivity index (χ2v) is 4.22. The second kappa shape index (κ2) is 5.39. The lowest BCUT2D eigenvalue weighted by Gasteiger charge is -2.15. The van der Waals surface area contributed by atoms with E-state index in [1.54, 1.807) is 0 Å². The average molecular weight is 221 g/mol. The van der Waals surface area contributed by atoms with Gasteiger partial charge in [-0.15, -0.1) is 0 Å². The highest BCUT2D eigenvalue weighted by molar-refractivity contribution is 5.80. The van der Waals surface area contributed by atoms with Crippen LogP contribution in [0.2, 0.25) is 0 Å². The first-order valence-corrected chi connectivity index (χ1v) is 5.32. The summed E-state index contributed by atoms with van der Waals surface area (Å²) in [5, 5.41) is 14.7. The van der Waals surface area contributed by atoms with E-state index in [0.717, 1.165) is 5.69 Å². The molecule has 0 aliphatic carbocycles. The zero-order valence-electron chi connectivity index (χ0n) is 9.99. The summed E-state index contributed by atoms with van der Waals surface area (Å²) in [5.41, 5.74) is 8.95. The first-order valence-electron chi connectivity index (χ1n) is 5.32. The minimum absolute atomic E-state index is 0.136. The van der Waals surface area contributed by atoms with Crippen LogP contribution in [0.1, 0.15) is 24.5 Å². The van der Waals surface area contributed by atoms with E-state index in [9.17, 15) is 0 Å². The fraction of sp³-hybridized carbons (Fsp3) is 0.417. The molecule has 4 nitrogen and oxygen atoms in total. The first kappa shape index (κ1) is 12.4. The van der Waals surface area contributed by atoms with E-state index >= 15 is 0 Å². The lowest BCUT2D eigenvalue weighted by Crippen LogP contribution is -2.24. The highest BCUT2D eigenvalue weighted by Gasteiger charge is 2.05. The summed E-state index contributed by atoms with van der Waals surface area (Å²) in [7, 11) is 0. The SMILES string of the molecule is Cc1cc(C)cc(NC(C)CC(N)=NO)c1. The molecular formula is C12H19N3O. The number of benzene rings is 1.